The van der Waals surface area contributed by atoms with Gasteiger partial charge in [-0.2, -0.15) is 0 Å². The van der Waals surface area contributed by atoms with Crippen LogP contribution in [0.3, 0.4) is 0 Å². The molecular formula is C20H23ClN2O2. The lowest BCUT2D eigenvalue weighted by Gasteiger charge is -2.25. The first-order valence-electron chi connectivity index (χ1n) is 8.50. The van der Waals surface area contributed by atoms with Crippen molar-refractivity contribution in [3.05, 3.63) is 58.1 Å². The Kier molecular flexibility index (Phi) is 5.30. The molecule has 3 rings (SSSR count). The second-order valence-electron chi connectivity index (χ2n) is 6.74. The molecule has 0 aliphatic carbocycles. The van der Waals surface area contributed by atoms with Crippen molar-refractivity contribution in [2.24, 2.45) is 0 Å². The van der Waals surface area contributed by atoms with Gasteiger partial charge in [0, 0.05) is 24.3 Å². The number of carbonyl (C=O) groups is 1. The Morgan fingerprint density at radius 2 is 2.00 bits per heavy atom. The predicted molar refractivity (Wildman–Crippen MR) is 102 cm³/mol. The van der Waals surface area contributed by atoms with E-state index in [1.165, 1.54) is 11.1 Å². The summed E-state index contributed by atoms with van der Waals surface area (Å²) in [5.41, 5.74) is 3.94. The van der Waals surface area contributed by atoms with Crippen molar-refractivity contribution in [2.45, 2.75) is 32.9 Å². The van der Waals surface area contributed by atoms with Crippen molar-refractivity contribution in [1.29, 1.82) is 0 Å². The summed E-state index contributed by atoms with van der Waals surface area (Å²) < 4.78 is 5.60. The minimum atomic E-state index is -0.179. The Hall–Kier alpha value is -2.04. The Labute approximate surface area is 153 Å². The summed E-state index contributed by atoms with van der Waals surface area (Å²) in [7, 11) is 2.11. The van der Waals surface area contributed by atoms with E-state index in [1.54, 1.807) is 18.2 Å². The second kappa shape index (κ2) is 7.46. The summed E-state index contributed by atoms with van der Waals surface area (Å²) in [6.07, 6.45) is 1.08. The molecule has 0 saturated heterocycles. The molecule has 0 bridgehead atoms. The van der Waals surface area contributed by atoms with Crippen LogP contribution in [-0.4, -0.2) is 30.5 Å². The highest BCUT2D eigenvalue weighted by atomic mass is 35.5. The zero-order valence-corrected chi connectivity index (χ0v) is 15.6. The van der Waals surface area contributed by atoms with E-state index in [2.05, 4.69) is 29.4 Å². The van der Waals surface area contributed by atoms with E-state index < -0.39 is 0 Å². The molecule has 1 amide bonds. The van der Waals surface area contributed by atoms with E-state index in [-0.39, 0.29) is 12.0 Å². The number of fused-ring (bicyclic) bond motifs is 1. The van der Waals surface area contributed by atoms with Crippen molar-refractivity contribution in [3.8, 4) is 5.75 Å². The van der Waals surface area contributed by atoms with Crippen molar-refractivity contribution < 1.29 is 9.53 Å². The van der Waals surface area contributed by atoms with Gasteiger partial charge in [0.05, 0.1) is 11.1 Å². The molecule has 2 aromatic carbocycles. The SMILES string of the molecule is CC(C)Oc1ccc(C(=O)Nc2ccc3c(c2)CN(C)CC3)cc1Cl. The molecule has 0 spiro atoms. The van der Waals surface area contributed by atoms with Gasteiger partial charge < -0.3 is 15.0 Å². The van der Waals surface area contributed by atoms with Crippen LogP contribution in [0.1, 0.15) is 35.3 Å². The maximum Gasteiger partial charge on any atom is 0.255 e. The number of benzene rings is 2. The number of rotatable bonds is 4. The highest BCUT2D eigenvalue weighted by Crippen LogP contribution is 2.27. The molecular weight excluding hydrogens is 336 g/mol. The minimum absolute atomic E-state index is 0.0332. The molecule has 5 heteroatoms. The lowest BCUT2D eigenvalue weighted by molar-refractivity contribution is 0.102. The third kappa shape index (κ3) is 4.33. The summed E-state index contributed by atoms with van der Waals surface area (Å²) in [4.78, 5) is 14.8. The fourth-order valence-corrected chi connectivity index (χ4v) is 3.20. The van der Waals surface area contributed by atoms with Gasteiger partial charge in [0.2, 0.25) is 0 Å². The smallest absolute Gasteiger partial charge is 0.255 e. The molecule has 1 N–H and O–H groups in total. The molecule has 0 aromatic heterocycles. The number of hydrogen-bond acceptors (Lipinski definition) is 3. The third-order valence-corrected chi connectivity index (χ3v) is 4.52. The van der Waals surface area contributed by atoms with Crippen LogP contribution >= 0.6 is 11.6 Å². The van der Waals surface area contributed by atoms with Gasteiger partial charge in [0.25, 0.3) is 5.91 Å². The summed E-state index contributed by atoms with van der Waals surface area (Å²) in [5.74, 6) is 0.409. The van der Waals surface area contributed by atoms with Crippen LogP contribution in [-0.2, 0) is 13.0 Å². The van der Waals surface area contributed by atoms with Crippen LogP contribution in [0.5, 0.6) is 5.75 Å². The normalized spacial score (nSPS) is 14.3. The van der Waals surface area contributed by atoms with E-state index in [0.29, 0.717) is 16.3 Å². The first-order valence-corrected chi connectivity index (χ1v) is 8.88. The highest BCUT2D eigenvalue weighted by molar-refractivity contribution is 6.32. The van der Waals surface area contributed by atoms with Gasteiger partial charge >= 0.3 is 0 Å². The molecule has 1 aliphatic rings. The van der Waals surface area contributed by atoms with Crippen LogP contribution < -0.4 is 10.1 Å². The summed E-state index contributed by atoms with van der Waals surface area (Å²) in [5, 5.41) is 3.39. The number of hydrogen-bond donors (Lipinski definition) is 1. The third-order valence-electron chi connectivity index (χ3n) is 4.22. The fraction of sp³-hybridized carbons (Fsp3) is 0.350. The first-order chi connectivity index (χ1) is 11.9. The molecule has 1 aliphatic heterocycles. The standard InChI is InChI=1S/C20H23ClN2O2/c1-13(2)25-19-7-5-15(11-18(19)21)20(24)22-17-6-4-14-8-9-23(3)12-16(14)10-17/h4-7,10-11,13H,8-9,12H2,1-3H3,(H,22,24). The number of ether oxygens (including phenoxy) is 1. The molecule has 0 unspecified atom stereocenters. The van der Waals surface area contributed by atoms with Crippen LogP contribution in [0.4, 0.5) is 5.69 Å². The number of halogens is 1. The lowest BCUT2D eigenvalue weighted by Crippen LogP contribution is -2.26. The minimum Gasteiger partial charge on any atom is -0.489 e. The molecule has 1 heterocycles. The quantitative estimate of drug-likeness (QED) is 0.882. The Morgan fingerprint density at radius 3 is 2.72 bits per heavy atom. The number of nitrogens with one attached hydrogen (secondary N) is 1. The second-order valence-corrected chi connectivity index (χ2v) is 7.14. The Morgan fingerprint density at radius 1 is 1.20 bits per heavy atom. The van der Waals surface area contributed by atoms with Crippen molar-refractivity contribution in [2.75, 3.05) is 18.9 Å². The van der Waals surface area contributed by atoms with Gasteiger partial charge in [0.1, 0.15) is 5.75 Å². The van der Waals surface area contributed by atoms with Gasteiger partial charge in [-0.25, -0.2) is 0 Å². The summed E-state index contributed by atoms with van der Waals surface area (Å²) in [6, 6.07) is 11.2. The Balaban J connectivity index is 1.74. The van der Waals surface area contributed by atoms with Crippen molar-refractivity contribution in [3.63, 3.8) is 0 Å². The van der Waals surface area contributed by atoms with Crippen LogP contribution in [0, 0.1) is 0 Å². The average molecular weight is 359 g/mol. The van der Waals surface area contributed by atoms with Gasteiger partial charge in [-0.15, -0.1) is 0 Å². The monoisotopic (exact) mass is 358 g/mol. The molecule has 25 heavy (non-hydrogen) atoms. The molecule has 0 fully saturated rings. The van der Waals surface area contributed by atoms with Crippen LogP contribution in [0.2, 0.25) is 5.02 Å². The zero-order valence-electron chi connectivity index (χ0n) is 14.8. The molecule has 2 aromatic rings. The molecule has 132 valence electrons. The van der Waals surface area contributed by atoms with E-state index in [9.17, 15) is 4.79 Å². The summed E-state index contributed by atoms with van der Waals surface area (Å²) in [6.45, 7) is 5.85. The number of amides is 1. The van der Waals surface area contributed by atoms with Gasteiger partial charge in [-0.1, -0.05) is 17.7 Å². The highest BCUT2D eigenvalue weighted by Gasteiger charge is 2.15. The summed E-state index contributed by atoms with van der Waals surface area (Å²) >= 11 is 6.22. The lowest BCUT2D eigenvalue weighted by atomic mass is 9.99. The van der Waals surface area contributed by atoms with Crippen molar-refractivity contribution in [1.82, 2.24) is 4.90 Å². The number of nitrogens with zero attached hydrogens (tertiary/aromatic N) is 1. The topological polar surface area (TPSA) is 41.6 Å². The Bertz CT molecular complexity index is 789. The number of carbonyl (C=O) groups excluding carboxylic acids is 1. The van der Waals surface area contributed by atoms with Crippen LogP contribution in [0.25, 0.3) is 0 Å². The fourth-order valence-electron chi connectivity index (χ4n) is 2.97. The predicted octanol–water partition coefficient (Wildman–Crippen LogP) is 4.37. The van der Waals surface area contributed by atoms with E-state index in [1.807, 2.05) is 19.9 Å². The van der Waals surface area contributed by atoms with Crippen LogP contribution in [0.15, 0.2) is 36.4 Å². The van der Waals surface area contributed by atoms with E-state index >= 15 is 0 Å². The van der Waals surface area contributed by atoms with E-state index in [0.717, 1.165) is 25.2 Å². The van der Waals surface area contributed by atoms with Gasteiger partial charge in [0.15, 0.2) is 0 Å². The van der Waals surface area contributed by atoms with Gasteiger partial charge in [-0.3, -0.25) is 4.79 Å². The zero-order chi connectivity index (χ0) is 18.0. The first kappa shape index (κ1) is 17.8. The number of likely N-dealkylation sites (N-methyl/N-ethyl adjacent to an activating group) is 1. The molecule has 4 nitrogen and oxygen atoms in total. The van der Waals surface area contributed by atoms with Gasteiger partial charge in [-0.05, 0) is 68.8 Å². The molecule has 0 saturated carbocycles. The maximum atomic E-state index is 12.5. The molecule has 0 atom stereocenters. The largest absolute Gasteiger partial charge is 0.489 e. The van der Waals surface area contributed by atoms with Crippen molar-refractivity contribution >= 4 is 23.2 Å². The maximum absolute atomic E-state index is 12.5. The molecule has 0 radical (unpaired) electrons. The van der Waals surface area contributed by atoms with E-state index in [4.69, 9.17) is 16.3 Å². The average Bonchev–Trinajstić information content (AvgIpc) is 2.56. The number of anilines is 1.